The van der Waals surface area contributed by atoms with Crippen LogP contribution in [0.2, 0.25) is 0 Å². The average molecular weight is 500 g/mol. The lowest BCUT2D eigenvalue weighted by atomic mass is 9.92. The van der Waals surface area contributed by atoms with Crippen molar-refractivity contribution in [3.8, 4) is 17.2 Å². The number of ether oxygens (including phenoxy) is 4. The number of aromatic hydroxyl groups is 1. The van der Waals surface area contributed by atoms with Crippen LogP contribution in [-0.4, -0.2) is 53.9 Å². The summed E-state index contributed by atoms with van der Waals surface area (Å²) in [6.45, 7) is 6.56. The van der Waals surface area contributed by atoms with E-state index in [1.165, 1.54) is 19.4 Å². The van der Waals surface area contributed by atoms with Crippen LogP contribution in [0.25, 0.3) is 0 Å². The number of hydrogen-bond donors (Lipinski definition) is 1. The van der Waals surface area contributed by atoms with Gasteiger partial charge in [0.15, 0.2) is 29.1 Å². The highest BCUT2D eigenvalue weighted by Crippen LogP contribution is 2.31. The number of nitrogens with zero attached hydrogens (tertiary/aromatic N) is 1. The van der Waals surface area contributed by atoms with Gasteiger partial charge < -0.3 is 24.1 Å². The van der Waals surface area contributed by atoms with Crippen LogP contribution in [0, 0.1) is 11.8 Å². The van der Waals surface area contributed by atoms with Gasteiger partial charge in [-0.05, 0) is 37.8 Å². The van der Waals surface area contributed by atoms with Crippen molar-refractivity contribution in [2.24, 2.45) is 11.8 Å². The molecule has 1 aliphatic rings. The molecule has 0 saturated carbocycles. The molecule has 2 heterocycles. The molecule has 0 radical (unpaired) electrons. The standard InChI is InChI=1S/C28H37NO7/c1-18(2)17-34-24-13-9-8-10-20(16-22(30)25-26(31)23(33-4)14-15-29-25)28(32)35-19(3)27(24)36-21-11-6-5-7-12-21/h5-7,11-12,14-15,18-20,24,27,31H,8-10,13,16-17H2,1-4H3/t19-,20+,24-,27-/m0/s1. The molecule has 8 nitrogen and oxygen atoms in total. The van der Waals surface area contributed by atoms with Gasteiger partial charge in [-0.25, -0.2) is 4.98 Å². The molecule has 1 aliphatic heterocycles. The fourth-order valence-electron chi connectivity index (χ4n) is 4.30. The first-order valence-corrected chi connectivity index (χ1v) is 12.6. The molecule has 36 heavy (non-hydrogen) atoms. The highest BCUT2D eigenvalue weighted by molar-refractivity contribution is 5.99. The molecule has 1 fully saturated rings. The van der Waals surface area contributed by atoms with E-state index in [-0.39, 0.29) is 29.7 Å². The van der Waals surface area contributed by atoms with E-state index in [1.54, 1.807) is 6.92 Å². The van der Waals surface area contributed by atoms with E-state index in [4.69, 9.17) is 18.9 Å². The van der Waals surface area contributed by atoms with Crippen LogP contribution < -0.4 is 9.47 Å². The molecule has 1 aromatic heterocycles. The largest absolute Gasteiger partial charge is 0.503 e. The minimum atomic E-state index is -0.655. The fraction of sp³-hybridized carbons (Fsp3) is 0.536. The van der Waals surface area contributed by atoms with Crippen LogP contribution in [0.5, 0.6) is 17.2 Å². The molecule has 0 unspecified atom stereocenters. The molecule has 1 saturated heterocycles. The van der Waals surface area contributed by atoms with Crippen molar-refractivity contribution >= 4 is 11.8 Å². The Hall–Kier alpha value is -3.13. The summed E-state index contributed by atoms with van der Waals surface area (Å²) in [5.41, 5.74) is -0.111. The number of carbonyl (C=O) groups is 2. The molecule has 8 heteroatoms. The van der Waals surface area contributed by atoms with Crippen molar-refractivity contribution in [1.82, 2.24) is 4.98 Å². The molecule has 4 atom stereocenters. The van der Waals surface area contributed by atoms with Crippen molar-refractivity contribution < 1.29 is 33.6 Å². The smallest absolute Gasteiger partial charge is 0.309 e. The Bertz CT molecular complexity index is 995. The maximum atomic E-state index is 13.2. The van der Waals surface area contributed by atoms with Crippen LogP contribution in [0.1, 0.15) is 63.4 Å². The molecule has 0 spiro atoms. The fourth-order valence-corrected chi connectivity index (χ4v) is 4.30. The van der Waals surface area contributed by atoms with Gasteiger partial charge in [0.25, 0.3) is 0 Å². The van der Waals surface area contributed by atoms with E-state index in [9.17, 15) is 14.7 Å². The van der Waals surface area contributed by atoms with Gasteiger partial charge in [-0.1, -0.05) is 44.9 Å². The Morgan fingerprint density at radius 2 is 1.89 bits per heavy atom. The predicted molar refractivity (Wildman–Crippen MR) is 134 cm³/mol. The first kappa shape index (κ1) is 27.5. The summed E-state index contributed by atoms with van der Waals surface area (Å²) in [5.74, 6) is -0.702. The third kappa shape index (κ3) is 7.43. The molecular weight excluding hydrogens is 462 g/mol. The minimum absolute atomic E-state index is 0.111. The van der Waals surface area contributed by atoms with Crippen molar-refractivity contribution in [3.63, 3.8) is 0 Å². The van der Waals surface area contributed by atoms with Crippen LogP contribution >= 0.6 is 0 Å². The Morgan fingerprint density at radius 1 is 1.17 bits per heavy atom. The van der Waals surface area contributed by atoms with E-state index in [1.807, 2.05) is 30.3 Å². The van der Waals surface area contributed by atoms with Crippen molar-refractivity contribution in [2.75, 3.05) is 13.7 Å². The average Bonchev–Trinajstić information content (AvgIpc) is 2.86. The van der Waals surface area contributed by atoms with Gasteiger partial charge in [0.05, 0.1) is 19.1 Å². The zero-order valence-corrected chi connectivity index (χ0v) is 21.5. The quantitative estimate of drug-likeness (QED) is 0.381. The number of benzene rings is 1. The van der Waals surface area contributed by atoms with E-state index in [0.717, 1.165) is 19.3 Å². The minimum Gasteiger partial charge on any atom is -0.503 e. The lowest BCUT2D eigenvalue weighted by Crippen LogP contribution is -2.46. The second-order valence-electron chi connectivity index (χ2n) is 9.62. The molecule has 3 rings (SSSR count). The van der Waals surface area contributed by atoms with E-state index >= 15 is 0 Å². The van der Waals surface area contributed by atoms with Crippen molar-refractivity contribution in [2.45, 2.75) is 71.2 Å². The molecule has 0 bridgehead atoms. The van der Waals surface area contributed by atoms with Gasteiger partial charge >= 0.3 is 5.97 Å². The van der Waals surface area contributed by atoms with Gasteiger partial charge in [0.2, 0.25) is 0 Å². The molecule has 196 valence electrons. The third-order valence-electron chi connectivity index (χ3n) is 6.22. The van der Waals surface area contributed by atoms with Crippen LogP contribution in [-0.2, 0) is 14.3 Å². The predicted octanol–water partition coefficient (Wildman–Crippen LogP) is 4.98. The summed E-state index contributed by atoms with van der Waals surface area (Å²) in [6, 6.07) is 10.9. The Morgan fingerprint density at radius 3 is 2.58 bits per heavy atom. The number of esters is 1. The molecule has 2 aromatic rings. The summed E-state index contributed by atoms with van der Waals surface area (Å²) in [5, 5.41) is 10.3. The van der Waals surface area contributed by atoms with Gasteiger partial charge in [-0.3, -0.25) is 9.59 Å². The molecule has 1 aromatic carbocycles. The van der Waals surface area contributed by atoms with E-state index < -0.39 is 29.9 Å². The van der Waals surface area contributed by atoms with Gasteiger partial charge in [0.1, 0.15) is 11.9 Å². The summed E-state index contributed by atoms with van der Waals surface area (Å²) >= 11 is 0. The molecule has 0 aliphatic carbocycles. The van der Waals surface area contributed by atoms with E-state index in [0.29, 0.717) is 24.7 Å². The highest BCUT2D eigenvalue weighted by atomic mass is 16.6. The second-order valence-corrected chi connectivity index (χ2v) is 9.62. The van der Waals surface area contributed by atoms with Crippen LogP contribution in [0.4, 0.5) is 0 Å². The van der Waals surface area contributed by atoms with Crippen molar-refractivity contribution in [1.29, 1.82) is 0 Å². The number of pyridine rings is 1. The summed E-state index contributed by atoms with van der Waals surface area (Å²) in [6.07, 6.45) is 2.69. The zero-order valence-electron chi connectivity index (χ0n) is 21.5. The molecule has 0 amide bonds. The number of rotatable bonds is 9. The molecule has 1 N–H and O–H groups in total. The number of methoxy groups -OCH3 is 1. The first-order chi connectivity index (χ1) is 17.3. The Kier molecular flexibility index (Phi) is 10.1. The monoisotopic (exact) mass is 499 g/mol. The maximum Gasteiger partial charge on any atom is 0.309 e. The number of Topliss-reactive ketones (excluding diaryl/α,β-unsaturated/α-hetero) is 1. The number of aromatic nitrogens is 1. The maximum absolute atomic E-state index is 13.2. The lowest BCUT2D eigenvalue weighted by Gasteiger charge is -2.34. The summed E-state index contributed by atoms with van der Waals surface area (Å²) in [4.78, 5) is 30.2. The SMILES string of the molecule is COc1ccnc(C(=O)C[C@H]2CCCC[C@H](OCC(C)C)[C@@H](Oc3ccccc3)[C@H](C)OC2=O)c1O. The zero-order chi connectivity index (χ0) is 26.1. The summed E-state index contributed by atoms with van der Waals surface area (Å²) < 4.78 is 23.5. The number of hydrogen-bond acceptors (Lipinski definition) is 8. The highest BCUT2D eigenvalue weighted by Gasteiger charge is 2.36. The van der Waals surface area contributed by atoms with Gasteiger partial charge in [-0.2, -0.15) is 0 Å². The van der Waals surface area contributed by atoms with Gasteiger partial charge in [0, 0.05) is 25.3 Å². The van der Waals surface area contributed by atoms with Gasteiger partial charge in [-0.15, -0.1) is 0 Å². The Balaban J connectivity index is 1.77. The number of para-hydroxylation sites is 1. The van der Waals surface area contributed by atoms with Crippen LogP contribution in [0.3, 0.4) is 0 Å². The number of ketones is 1. The lowest BCUT2D eigenvalue weighted by molar-refractivity contribution is -0.165. The topological polar surface area (TPSA) is 104 Å². The summed E-state index contributed by atoms with van der Waals surface area (Å²) in [7, 11) is 1.40. The van der Waals surface area contributed by atoms with Crippen molar-refractivity contribution in [3.05, 3.63) is 48.3 Å². The van der Waals surface area contributed by atoms with E-state index in [2.05, 4.69) is 18.8 Å². The first-order valence-electron chi connectivity index (χ1n) is 12.6. The normalized spacial score (nSPS) is 23.1. The Labute approximate surface area is 212 Å². The van der Waals surface area contributed by atoms with Crippen LogP contribution in [0.15, 0.2) is 42.6 Å². The number of cyclic esters (lactones) is 1. The second kappa shape index (κ2) is 13.3. The molecular formula is C28H37NO7. The number of carbonyl (C=O) groups excluding carboxylic acids is 2. The third-order valence-corrected chi connectivity index (χ3v) is 6.22.